The van der Waals surface area contributed by atoms with Gasteiger partial charge in [-0.25, -0.2) is 0 Å². The number of amides is 2. The van der Waals surface area contributed by atoms with E-state index in [1.165, 1.54) is 15.9 Å². The fourth-order valence-electron chi connectivity index (χ4n) is 1.75. The van der Waals surface area contributed by atoms with Crippen LogP contribution in [0.25, 0.3) is 6.08 Å². The van der Waals surface area contributed by atoms with Crippen molar-refractivity contribution >= 4 is 17.9 Å². The summed E-state index contributed by atoms with van der Waals surface area (Å²) in [5.41, 5.74) is 0.725. The molecule has 0 fully saturated rings. The zero-order valence-corrected chi connectivity index (χ0v) is 13.6. The molecule has 1 aromatic carbocycles. The van der Waals surface area contributed by atoms with Crippen LogP contribution < -0.4 is 9.47 Å². The van der Waals surface area contributed by atoms with E-state index in [1.807, 2.05) is 12.1 Å². The van der Waals surface area contributed by atoms with Crippen molar-refractivity contribution in [3.05, 3.63) is 29.8 Å². The van der Waals surface area contributed by atoms with Gasteiger partial charge in [0.15, 0.2) is 11.5 Å². The third-order valence-corrected chi connectivity index (χ3v) is 3.09. The molecule has 0 saturated carbocycles. The van der Waals surface area contributed by atoms with Crippen LogP contribution in [0.4, 0.5) is 0 Å². The van der Waals surface area contributed by atoms with Gasteiger partial charge in [-0.2, -0.15) is 0 Å². The third-order valence-electron chi connectivity index (χ3n) is 3.09. The minimum Gasteiger partial charge on any atom is -0.493 e. The van der Waals surface area contributed by atoms with Crippen LogP contribution in [0.3, 0.4) is 0 Å². The van der Waals surface area contributed by atoms with Gasteiger partial charge in [0.1, 0.15) is 0 Å². The summed E-state index contributed by atoms with van der Waals surface area (Å²) in [6, 6.07) is 5.40. The lowest BCUT2D eigenvalue weighted by molar-refractivity contribution is -0.135. The zero-order chi connectivity index (χ0) is 16.7. The van der Waals surface area contributed by atoms with Crippen LogP contribution in [0.2, 0.25) is 0 Å². The van der Waals surface area contributed by atoms with E-state index in [-0.39, 0.29) is 18.4 Å². The Morgan fingerprint density at radius 2 is 1.82 bits per heavy atom. The van der Waals surface area contributed by atoms with E-state index in [0.717, 1.165) is 5.56 Å². The second-order valence-electron chi connectivity index (χ2n) is 4.90. The van der Waals surface area contributed by atoms with Gasteiger partial charge in [-0.05, 0) is 12.1 Å². The zero-order valence-electron chi connectivity index (χ0n) is 13.6. The van der Waals surface area contributed by atoms with Crippen molar-refractivity contribution in [2.24, 2.45) is 0 Å². The predicted octanol–water partition coefficient (Wildman–Crippen LogP) is 1.26. The average Bonchev–Trinajstić information content (AvgIpc) is 2.51. The van der Waals surface area contributed by atoms with Crippen LogP contribution in [-0.2, 0) is 9.59 Å². The number of hydrogen-bond donors (Lipinski definition) is 0. The van der Waals surface area contributed by atoms with Crippen molar-refractivity contribution in [3.63, 3.8) is 0 Å². The number of rotatable bonds is 6. The number of methoxy groups -OCH3 is 2. The molecule has 6 heteroatoms. The molecular formula is C16H22N2O4. The Labute approximate surface area is 130 Å². The normalized spacial score (nSPS) is 10.4. The van der Waals surface area contributed by atoms with Crippen molar-refractivity contribution in [2.75, 3.05) is 41.9 Å². The molecule has 0 aliphatic heterocycles. The van der Waals surface area contributed by atoms with E-state index in [4.69, 9.17) is 9.47 Å². The van der Waals surface area contributed by atoms with E-state index >= 15 is 0 Å². The summed E-state index contributed by atoms with van der Waals surface area (Å²) >= 11 is 0. The number of para-hydroxylation sites is 1. The molecule has 120 valence electrons. The number of hydrogen-bond acceptors (Lipinski definition) is 4. The molecule has 0 N–H and O–H groups in total. The van der Waals surface area contributed by atoms with Crippen LogP contribution in [0.1, 0.15) is 5.56 Å². The number of likely N-dealkylation sites (N-methyl/N-ethyl adjacent to an activating group) is 2. The maximum atomic E-state index is 12.0. The van der Waals surface area contributed by atoms with E-state index in [1.54, 1.807) is 47.5 Å². The van der Waals surface area contributed by atoms with Crippen LogP contribution in [0.5, 0.6) is 11.5 Å². The topological polar surface area (TPSA) is 59.1 Å². The minimum absolute atomic E-state index is 0.0332. The summed E-state index contributed by atoms with van der Waals surface area (Å²) in [7, 11) is 7.97. The molecule has 1 aromatic rings. The first-order chi connectivity index (χ1) is 10.4. The van der Waals surface area contributed by atoms with Crippen LogP contribution in [-0.4, -0.2) is 63.5 Å². The van der Waals surface area contributed by atoms with Crippen molar-refractivity contribution in [2.45, 2.75) is 0 Å². The molecule has 0 aliphatic rings. The monoisotopic (exact) mass is 306 g/mol. The van der Waals surface area contributed by atoms with Gasteiger partial charge in [0.25, 0.3) is 0 Å². The summed E-state index contributed by atoms with van der Waals surface area (Å²) in [5.74, 6) is 0.748. The summed E-state index contributed by atoms with van der Waals surface area (Å²) in [6.45, 7) is 0.0332. The summed E-state index contributed by atoms with van der Waals surface area (Å²) in [4.78, 5) is 26.4. The molecule has 2 amide bonds. The first-order valence-corrected chi connectivity index (χ1v) is 6.75. The standard InChI is InChI=1S/C16H22N2O4/c1-17(2)15(20)11-18(3)14(19)10-9-12-7-6-8-13(21-4)16(12)22-5/h6-10H,11H2,1-5H3/b10-9+. The average molecular weight is 306 g/mol. The molecule has 6 nitrogen and oxygen atoms in total. The maximum Gasteiger partial charge on any atom is 0.246 e. The molecule has 0 radical (unpaired) electrons. The highest BCUT2D eigenvalue weighted by molar-refractivity contribution is 5.94. The van der Waals surface area contributed by atoms with Crippen molar-refractivity contribution in [3.8, 4) is 11.5 Å². The number of benzene rings is 1. The Morgan fingerprint density at radius 3 is 2.36 bits per heavy atom. The molecule has 0 aliphatic carbocycles. The van der Waals surface area contributed by atoms with E-state index in [9.17, 15) is 9.59 Å². The Balaban J connectivity index is 2.84. The van der Waals surface area contributed by atoms with E-state index < -0.39 is 0 Å². The second kappa shape index (κ2) is 8.07. The molecule has 0 unspecified atom stereocenters. The van der Waals surface area contributed by atoms with Crippen LogP contribution in [0, 0.1) is 0 Å². The molecule has 0 bridgehead atoms. The first-order valence-electron chi connectivity index (χ1n) is 6.75. The lowest BCUT2D eigenvalue weighted by Crippen LogP contribution is -2.36. The number of nitrogens with zero attached hydrogens (tertiary/aromatic N) is 2. The van der Waals surface area contributed by atoms with Gasteiger partial charge in [0.2, 0.25) is 11.8 Å². The van der Waals surface area contributed by atoms with Gasteiger partial charge in [-0.15, -0.1) is 0 Å². The quantitative estimate of drug-likeness (QED) is 0.743. The number of carbonyl (C=O) groups excluding carboxylic acids is 2. The highest BCUT2D eigenvalue weighted by atomic mass is 16.5. The fraction of sp³-hybridized carbons (Fsp3) is 0.375. The Kier molecular flexibility index (Phi) is 6.44. The van der Waals surface area contributed by atoms with E-state index in [0.29, 0.717) is 11.5 Å². The summed E-state index contributed by atoms with van der Waals surface area (Å²) in [6.07, 6.45) is 3.04. The number of carbonyl (C=O) groups is 2. The lowest BCUT2D eigenvalue weighted by atomic mass is 10.1. The SMILES string of the molecule is COc1cccc(/C=C/C(=O)N(C)CC(=O)N(C)C)c1OC. The lowest BCUT2D eigenvalue weighted by Gasteiger charge is -2.17. The Morgan fingerprint density at radius 1 is 1.14 bits per heavy atom. The van der Waals surface area contributed by atoms with Crippen molar-refractivity contribution in [1.29, 1.82) is 0 Å². The molecular weight excluding hydrogens is 284 g/mol. The molecule has 0 saturated heterocycles. The molecule has 0 atom stereocenters. The van der Waals surface area contributed by atoms with Crippen LogP contribution >= 0.6 is 0 Å². The first kappa shape index (κ1) is 17.6. The third kappa shape index (κ3) is 4.51. The molecule has 0 heterocycles. The molecule has 0 aromatic heterocycles. The van der Waals surface area contributed by atoms with Gasteiger partial charge in [0, 0.05) is 32.8 Å². The smallest absolute Gasteiger partial charge is 0.246 e. The number of ether oxygens (including phenoxy) is 2. The molecule has 0 spiro atoms. The van der Waals surface area contributed by atoms with Crippen molar-refractivity contribution in [1.82, 2.24) is 9.80 Å². The van der Waals surface area contributed by atoms with Gasteiger partial charge in [-0.1, -0.05) is 12.1 Å². The largest absolute Gasteiger partial charge is 0.493 e. The fourth-order valence-corrected chi connectivity index (χ4v) is 1.75. The Hall–Kier alpha value is -2.50. The summed E-state index contributed by atoms with van der Waals surface area (Å²) < 4.78 is 10.5. The Bertz CT molecular complexity index is 567. The van der Waals surface area contributed by atoms with E-state index in [2.05, 4.69) is 0 Å². The van der Waals surface area contributed by atoms with Crippen LogP contribution in [0.15, 0.2) is 24.3 Å². The van der Waals surface area contributed by atoms with Gasteiger partial charge >= 0.3 is 0 Å². The maximum absolute atomic E-state index is 12.0. The van der Waals surface area contributed by atoms with Crippen molar-refractivity contribution < 1.29 is 19.1 Å². The summed E-state index contributed by atoms with van der Waals surface area (Å²) in [5, 5.41) is 0. The highest BCUT2D eigenvalue weighted by Crippen LogP contribution is 2.31. The molecule has 22 heavy (non-hydrogen) atoms. The minimum atomic E-state index is -0.264. The van der Waals surface area contributed by atoms with Gasteiger partial charge in [0.05, 0.1) is 20.8 Å². The predicted molar refractivity (Wildman–Crippen MR) is 84.9 cm³/mol. The van der Waals surface area contributed by atoms with Gasteiger partial charge < -0.3 is 19.3 Å². The second-order valence-corrected chi connectivity index (χ2v) is 4.90. The molecule has 1 rings (SSSR count). The van der Waals surface area contributed by atoms with Gasteiger partial charge in [-0.3, -0.25) is 9.59 Å². The highest BCUT2D eigenvalue weighted by Gasteiger charge is 2.12.